The zero-order valence-electron chi connectivity index (χ0n) is 16.9. The number of aromatic nitrogens is 2. The van der Waals surface area contributed by atoms with Crippen molar-refractivity contribution in [1.29, 1.82) is 0 Å². The van der Waals surface area contributed by atoms with Gasteiger partial charge in [-0.2, -0.15) is 0 Å². The van der Waals surface area contributed by atoms with Gasteiger partial charge in [0, 0.05) is 25.0 Å². The van der Waals surface area contributed by atoms with Gasteiger partial charge in [-0.15, -0.1) is 12.4 Å². The highest BCUT2D eigenvalue weighted by molar-refractivity contribution is 5.85. The summed E-state index contributed by atoms with van der Waals surface area (Å²) in [5, 5.41) is 0. The molecule has 0 radical (unpaired) electrons. The third kappa shape index (κ3) is 4.30. The van der Waals surface area contributed by atoms with Gasteiger partial charge in [0.2, 0.25) is 5.91 Å². The summed E-state index contributed by atoms with van der Waals surface area (Å²) in [5.74, 6) is 1.68. The predicted octanol–water partition coefficient (Wildman–Crippen LogP) is 4.12. The van der Waals surface area contributed by atoms with Crippen LogP contribution in [0.15, 0.2) is 24.3 Å². The molecule has 27 heavy (non-hydrogen) atoms. The third-order valence-electron chi connectivity index (χ3n) is 5.78. The van der Waals surface area contributed by atoms with E-state index in [4.69, 9.17) is 10.7 Å². The zero-order valence-corrected chi connectivity index (χ0v) is 17.7. The number of nitrogens with zero attached hydrogens (tertiary/aromatic N) is 3. The topological polar surface area (TPSA) is 64.2 Å². The van der Waals surface area contributed by atoms with Crippen molar-refractivity contribution in [3.05, 3.63) is 30.1 Å². The van der Waals surface area contributed by atoms with Gasteiger partial charge in [0.25, 0.3) is 0 Å². The van der Waals surface area contributed by atoms with Crippen molar-refractivity contribution >= 4 is 29.3 Å². The molecule has 0 saturated carbocycles. The first-order valence-electron chi connectivity index (χ1n) is 9.95. The number of hydrogen-bond acceptors (Lipinski definition) is 3. The molecule has 5 nitrogen and oxygen atoms in total. The van der Waals surface area contributed by atoms with Crippen LogP contribution in [-0.2, 0) is 4.79 Å². The largest absolute Gasteiger partial charge is 0.341 e. The number of carbonyl (C=O) groups excluding carboxylic acids is 1. The Labute approximate surface area is 168 Å². The number of hydrogen-bond donors (Lipinski definition) is 1. The summed E-state index contributed by atoms with van der Waals surface area (Å²) in [4.78, 5) is 19.7. The first kappa shape index (κ1) is 21.7. The molecule has 2 N–H and O–H groups in total. The summed E-state index contributed by atoms with van der Waals surface area (Å²) >= 11 is 0. The Hall–Kier alpha value is -1.59. The number of halogens is 1. The lowest BCUT2D eigenvalue weighted by Crippen LogP contribution is -2.50. The van der Waals surface area contributed by atoms with Crippen LogP contribution in [-0.4, -0.2) is 39.5 Å². The number of piperidine rings is 1. The quantitative estimate of drug-likeness (QED) is 0.832. The number of imidazole rings is 1. The molecule has 3 rings (SSSR count). The molecule has 1 aromatic heterocycles. The smallest absolute Gasteiger partial charge is 0.239 e. The van der Waals surface area contributed by atoms with Gasteiger partial charge in [-0.1, -0.05) is 32.4 Å². The number of carbonyl (C=O) groups is 1. The van der Waals surface area contributed by atoms with E-state index in [1.165, 1.54) is 5.52 Å². The van der Waals surface area contributed by atoms with E-state index in [-0.39, 0.29) is 30.2 Å². The summed E-state index contributed by atoms with van der Waals surface area (Å²) in [6.45, 7) is 10.1. The van der Waals surface area contributed by atoms with Gasteiger partial charge in [0.15, 0.2) is 0 Å². The van der Waals surface area contributed by atoms with E-state index in [0.29, 0.717) is 6.04 Å². The van der Waals surface area contributed by atoms with Crippen LogP contribution in [0, 0.1) is 5.92 Å². The van der Waals surface area contributed by atoms with Gasteiger partial charge >= 0.3 is 0 Å². The number of rotatable bonds is 5. The van der Waals surface area contributed by atoms with E-state index in [2.05, 4.69) is 50.5 Å². The van der Waals surface area contributed by atoms with Crippen LogP contribution < -0.4 is 5.73 Å². The summed E-state index contributed by atoms with van der Waals surface area (Å²) in [5.41, 5.74) is 8.43. The molecule has 1 aliphatic heterocycles. The molecule has 1 aromatic carbocycles. The van der Waals surface area contributed by atoms with Gasteiger partial charge < -0.3 is 15.2 Å². The van der Waals surface area contributed by atoms with Crippen molar-refractivity contribution in [2.24, 2.45) is 11.7 Å². The Morgan fingerprint density at radius 2 is 2.00 bits per heavy atom. The molecule has 1 aliphatic rings. The van der Waals surface area contributed by atoms with E-state index >= 15 is 0 Å². The molecule has 3 unspecified atom stereocenters. The first-order valence-corrected chi connectivity index (χ1v) is 9.95. The number of likely N-dealkylation sites (tertiary alicyclic amines) is 1. The molecule has 2 aromatic rings. The van der Waals surface area contributed by atoms with Crippen LogP contribution in [0.3, 0.4) is 0 Å². The molecule has 2 heterocycles. The highest BCUT2D eigenvalue weighted by Gasteiger charge is 2.32. The summed E-state index contributed by atoms with van der Waals surface area (Å²) in [7, 11) is 0. The third-order valence-corrected chi connectivity index (χ3v) is 5.78. The highest BCUT2D eigenvalue weighted by Crippen LogP contribution is 2.32. The Bertz CT molecular complexity index is 773. The maximum atomic E-state index is 12.8. The molecule has 1 saturated heterocycles. The van der Waals surface area contributed by atoms with E-state index < -0.39 is 6.04 Å². The minimum atomic E-state index is -0.400. The molecule has 1 amide bonds. The molecule has 0 bridgehead atoms. The monoisotopic (exact) mass is 392 g/mol. The van der Waals surface area contributed by atoms with Crippen LogP contribution in [0.1, 0.15) is 64.7 Å². The molecular formula is C21H33ClN4O. The van der Waals surface area contributed by atoms with Crippen molar-refractivity contribution in [3.63, 3.8) is 0 Å². The fourth-order valence-corrected chi connectivity index (χ4v) is 3.99. The fourth-order valence-electron chi connectivity index (χ4n) is 3.99. The maximum absolute atomic E-state index is 12.8. The van der Waals surface area contributed by atoms with Crippen molar-refractivity contribution in [1.82, 2.24) is 14.5 Å². The average molecular weight is 393 g/mol. The molecule has 3 atom stereocenters. The minimum Gasteiger partial charge on any atom is -0.341 e. The van der Waals surface area contributed by atoms with Crippen LogP contribution in [0.25, 0.3) is 11.0 Å². The Balaban J connectivity index is 0.00000261. The van der Waals surface area contributed by atoms with Gasteiger partial charge in [0.05, 0.1) is 17.1 Å². The lowest BCUT2D eigenvalue weighted by molar-refractivity contribution is -0.135. The standard InChI is InChI=1S/C21H32N4O.ClH/c1-5-15(4)19(22)21(26)24-12-8-9-16(13-24)20-23-17-10-6-7-11-18(17)25(20)14(2)3;/h6-7,10-11,14-16,19H,5,8-9,12-13,22H2,1-4H3;1H. The van der Waals surface area contributed by atoms with Gasteiger partial charge in [-0.3, -0.25) is 4.79 Å². The Morgan fingerprint density at radius 3 is 2.67 bits per heavy atom. The maximum Gasteiger partial charge on any atom is 0.239 e. The van der Waals surface area contributed by atoms with E-state index in [1.54, 1.807) is 0 Å². The van der Waals surface area contributed by atoms with Gasteiger partial charge in [-0.05, 0) is 44.7 Å². The van der Waals surface area contributed by atoms with E-state index in [9.17, 15) is 4.79 Å². The van der Waals surface area contributed by atoms with Gasteiger partial charge in [-0.25, -0.2) is 4.98 Å². The van der Waals surface area contributed by atoms with Crippen LogP contribution in [0.5, 0.6) is 0 Å². The molecule has 1 fully saturated rings. The van der Waals surface area contributed by atoms with Crippen molar-refractivity contribution in [3.8, 4) is 0 Å². The summed E-state index contributed by atoms with van der Waals surface area (Å²) in [6.07, 6.45) is 3.00. The van der Waals surface area contributed by atoms with E-state index in [1.807, 2.05) is 11.0 Å². The number of fused-ring (bicyclic) bond motifs is 1. The Morgan fingerprint density at radius 1 is 1.30 bits per heavy atom. The van der Waals surface area contributed by atoms with Crippen molar-refractivity contribution < 1.29 is 4.79 Å². The molecule has 0 aliphatic carbocycles. The second kappa shape index (κ2) is 9.07. The SMILES string of the molecule is CCC(C)C(N)C(=O)N1CCCC(c2nc3ccccc3n2C(C)C)C1.Cl. The summed E-state index contributed by atoms with van der Waals surface area (Å²) in [6, 6.07) is 8.24. The van der Waals surface area contributed by atoms with Crippen LogP contribution in [0.4, 0.5) is 0 Å². The lowest BCUT2D eigenvalue weighted by atomic mass is 9.94. The van der Waals surface area contributed by atoms with Crippen LogP contribution >= 0.6 is 12.4 Å². The second-order valence-corrected chi connectivity index (χ2v) is 7.96. The molecule has 6 heteroatoms. The van der Waals surface area contributed by atoms with Crippen molar-refractivity contribution in [2.45, 2.75) is 65.0 Å². The molecule has 0 spiro atoms. The summed E-state index contributed by atoms with van der Waals surface area (Å²) < 4.78 is 2.34. The molecule has 150 valence electrons. The van der Waals surface area contributed by atoms with Crippen molar-refractivity contribution in [2.75, 3.05) is 13.1 Å². The highest BCUT2D eigenvalue weighted by atomic mass is 35.5. The fraction of sp³-hybridized carbons (Fsp3) is 0.619. The number of para-hydroxylation sites is 2. The second-order valence-electron chi connectivity index (χ2n) is 7.96. The Kier molecular flexibility index (Phi) is 7.29. The number of nitrogens with two attached hydrogens (primary N) is 1. The zero-order chi connectivity index (χ0) is 18.8. The number of amides is 1. The normalized spacial score (nSPS) is 19.8. The lowest BCUT2D eigenvalue weighted by Gasteiger charge is -2.35. The average Bonchev–Trinajstić information content (AvgIpc) is 3.06. The number of benzene rings is 1. The van der Waals surface area contributed by atoms with Gasteiger partial charge in [0.1, 0.15) is 5.82 Å². The first-order chi connectivity index (χ1) is 12.4. The predicted molar refractivity (Wildman–Crippen MR) is 113 cm³/mol. The van der Waals surface area contributed by atoms with Crippen LogP contribution in [0.2, 0.25) is 0 Å². The van der Waals surface area contributed by atoms with E-state index in [0.717, 1.165) is 43.7 Å². The molecular weight excluding hydrogens is 360 g/mol. The minimum absolute atomic E-state index is 0.